The van der Waals surface area contributed by atoms with Gasteiger partial charge in [-0.1, -0.05) is 38.5 Å². The number of nitrogens with one attached hydrogen (secondary N) is 8. The molecule has 94 heavy (non-hydrogen) atoms. The Morgan fingerprint density at radius 2 is 0.755 bits per heavy atom. The largest absolute Gasteiger partial charge is 0.391 e. The molecule has 2 saturated carbocycles. The summed E-state index contributed by atoms with van der Waals surface area (Å²) >= 11 is 0. The minimum atomic E-state index is -0.334. The number of aromatic nitrogens is 16. The van der Waals surface area contributed by atoms with Crippen LogP contribution in [0.5, 0.6) is 0 Å². The van der Waals surface area contributed by atoms with E-state index in [1.165, 1.54) is 44.7 Å². The molecule has 4 aliphatic heterocycles. The zero-order chi connectivity index (χ0) is 67.2. The molecular formula is C58H76B4N24O8. The van der Waals surface area contributed by atoms with Gasteiger partial charge in [0, 0.05) is 52.4 Å². The summed E-state index contributed by atoms with van der Waals surface area (Å²) in [6.07, 6.45) is 14.7. The van der Waals surface area contributed by atoms with E-state index in [1.54, 1.807) is 42.1 Å². The maximum Gasteiger partial charge on any atom is 0.304 e. The number of carbonyl (C=O) groups is 4. The van der Waals surface area contributed by atoms with Crippen LogP contribution in [-0.4, -0.2) is 207 Å². The molecule has 36 heteroatoms. The highest BCUT2D eigenvalue weighted by Crippen LogP contribution is 2.34. The van der Waals surface area contributed by atoms with Crippen LogP contribution in [0, 0.1) is 13.8 Å². The lowest BCUT2D eigenvalue weighted by Gasteiger charge is -2.38. The number of rotatable bonds is 6. The van der Waals surface area contributed by atoms with Gasteiger partial charge in [-0.2, -0.15) is 20.4 Å². The van der Waals surface area contributed by atoms with Gasteiger partial charge in [-0.3, -0.25) is 38.4 Å². The first kappa shape index (κ1) is 66.2. The Bertz CT molecular complexity index is 4410. The second-order valence-electron chi connectivity index (χ2n) is 27.0. The molecule has 0 unspecified atom stereocenters. The van der Waals surface area contributed by atoms with E-state index in [9.17, 15) is 38.4 Å². The summed E-state index contributed by atoms with van der Waals surface area (Å²) in [5, 5.41) is 28.3. The fourth-order valence-electron chi connectivity index (χ4n) is 12.9. The van der Waals surface area contributed by atoms with Crippen LogP contribution in [0.15, 0.2) is 31.6 Å². The smallest absolute Gasteiger partial charge is 0.304 e. The first-order chi connectivity index (χ1) is 44.8. The summed E-state index contributed by atoms with van der Waals surface area (Å²) in [6, 6.07) is -0.670. The summed E-state index contributed by atoms with van der Waals surface area (Å²) in [4.78, 5) is 131. The molecule has 8 aromatic rings. The second-order valence-corrected chi connectivity index (χ2v) is 27.0. The molecule has 0 aromatic carbocycles. The third-order valence-corrected chi connectivity index (χ3v) is 18.3. The fourth-order valence-corrected chi connectivity index (χ4v) is 12.9. The number of fused-ring (bicyclic) bond motifs is 4. The van der Waals surface area contributed by atoms with Gasteiger partial charge in [0.15, 0.2) is 22.6 Å². The molecule has 8 radical (unpaired) electrons. The van der Waals surface area contributed by atoms with Crippen LogP contribution >= 0.6 is 0 Å². The van der Waals surface area contributed by atoms with Crippen LogP contribution in [0.4, 0.5) is 19.2 Å². The third kappa shape index (κ3) is 13.2. The van der Waals surface area contributed by atoms with Crippen molar-refractivity contribution in [2.45, 2.75) is 166 Å². The predicted molar refractivity (Wildman–Crippen MR) is 351 cm³/mol. The molecule has 0 spiro atoms. The molecule has 14 rings (SSSR count). The highest BCUT2D eigenvalue weighted by Gasteiger charge is 2.38. The van der Waals surface area contributed by atoms with Crippen molar-refractivity contribution in [2.24, 2.45) is 0 Å². The van der Waals surface area contributed by atoms with Gasteiger partial charge in [0.25, 0.3) is 22.2 Å². The average molecular weight is 1280 g/mol. The number of nitrogens with zero attached hydrogens (tertiary/aromatic N) is 16. The van der Waals surface area contributed by atoms with E-state index in [0.717, 1.165) is 31.4 Å². The van der Waals surface area contributed by atoms with Crippen molar-refractivity contribution < 1.29 is 19.2 Å². The maximum atomic E-state index is 12.6. The standard InChI is InChI=1S/C16H21BN6O2.C15H19BN6O2.C14H19BN6O2.C13H17BN6O2/c1-9-12-14(23(21-9)11-5-3-2-4-6-11)18-13(19-15(12)24)10-7-22(8-10)16(25)20-17;16-20-15(24)21-7-9(8-21)12-18-13-11(14(23)19-12)6-17-22(13)10-4-2-1-3-5-10;1-7-9-11(21(19-7)14(2,3)4)16-10(17-12(9)22)8-5-20(6-8)13(23)18-15;1-13(2,3)20-10-8(4-15-20)11(21)17-9(16-10)7-5-19(6-7)12(22)18-14/h10-11H,2-8H2,1H3,(H,20,25)(H,18,19,24);6,9-10H,1-5,7-8H2,(H,20,24)(H,18,19,23);8H,5-6H2,1-4H3,(H,18,23)(H,16,17,22);4,7H,5-6H2,1-3H3,(H,18,22)(H,16,17,21). The zero-order valence-corrected chi connectivity index (χ0v) is 54.1. The summed E-state index contributed by atoms with van der Waals surface area (Å²) in [6.45, 7) is 19.6. The Balaban J connectivity index is 0.000000128. The number of amides is 8. The van der Waals surface area contributed by atoms with Gasteiger partial charge in [-0.15, -0.1) is 0 Å². The summed E-state index contributed by atoms with van der Waals surface area (Å²) in [5.41, 5.74) is 2.57. The molecule has 6 aliphatic rings. The Morgan fingerprint density at radius 1 is 0.426 bits per heavy atom. The van der Waals surface area contributed by atoms with Gasteiger partial charge < -0.3 is 60.4 Å². The maximum absolute atomic E-state index is 12.6. The SMILES string of the molecule is [B]NC(=O)N1CC(c2nc3c(c(C)nn3C(C)(C)C)c(=O)[nH]2)C1.[B]NC(=O)N1CC(c2nc3c(c(C)nn3C3CCCCC3)c(=O)[nH]2)C1.[B]NC(=O)N1CC(c2nc3c(cnn3C(C)(C)C)c(=O)[nH]2)C1.[B]NC(=O)N1CC(c2nc3c(cnn3C3CCCCC3)c(=O)[nH]2)C1. The van der Waals surface area contributed by atoms with E-state index in [2.05, 4.69) is 76.2 Å². The first-order valence-corrected chi connectivity index (χ1v) is 31.8. The monoisotopic (exact) mass is 1280 g/mol. The van der Waals surface area contributed by atoms with Crippen molar-refractivity contribution in [3.63, 3.8) is 0 Å². The Labute approximate surface area is 544 Å². The Kier molecular flexibility index (Phi) is 18.8. The molecule has 4 saturated heterocycles. The van der Waals surface area contributed by atoms with Crippen molar-refractivity contribution in [3.05, 3.63) is 88.5 Å². The summed E-state index contributed by atoms with van der Waals surface area (Å²) in [5.74, 6) is 2.42. The van der Waals surface area contributed by atoms with Gasteiger partial charge in [-0.25, -0.2) is 38.7 Å². The zero-order valence-electron chi connectivity index (χ0n) is 54.1. The molecule has 0 atom stereocenters. The van der Waals surface area contributed by atoms with Crippen molar-refractivity contribution in [2.75, 3.05) is 52.4 Å². The molecule has 8 N–H and O–H groups in total. The number of likely N-dealkylation sites (tertiary alicyclic amines) is 4. The van der Waals surface area contributed by atoms with E-state index < -0.39 is 0 Å². The van der Waals surface area contributed by atoms with Gasteiger partial charge in [0.2, 0.25) is 31.9 Å². The minimum absolute atomic E-state index is 0.00211. The molecule has 8 amide bonds. The van der Waals surface area contributed by atoms with E-state index in [4.69, 9.17) is 36.9 Å². The molecule has 12 heterocycles. The molecule has 2 aliphatic carbocycles. The highest BCUT2D eigenvalue weighted by atomic mass is 16.2. The average Bonchev–Trinajstić information content (AvgIpc) is 1.57. The van der Waals surface area contributed by atoms with Crippen molar-refractivity contribution >= 4 is 100 Å². The molecular weight excluding hydrogens is 1200 g/mol. The fraction of sp³-hybridized carbons (Fsp3) is 0.586. The number of carbonyl (C=O) groups excluding carboxylic acids is 4. The number of urea groups is 4. The lowest BCUT2D eigenvalue weighted by molar-refractivity contribution is 0.153. The number of aryl methyl sites for hydroxylation is 2. The molecule has 8 aromatic heterocycles. The summed E-state index contributed by atoms with van der Waals surface area (Å²) in [7, 11) is 20.5. The number of hydrogen-bond donors (Lipinski definition) is 8. The lowest BCUT2D eigenvalue weighted by atomic mass is 9.96. The Hall–Kier alpha value is -9.26. The second kappa shape index (κ2) is 26.6. The third-order valence-electron chi connectivity index (χ3n) is 18.3. The van der Waals surface area contributed by atoms with Crippen LogP contribution in [-0.2, 0) is 11.1 Å². The van der Waals surface area contributed by atoms with Gasteiger partial charge in [0.1, 0.15) is 44.8 Å². The van der Waals surface area contributed by atoms with Gasteiger partial charge >= 0.3 is 24.1 Å². The Morgan fingerprint density at radius 3 is 1.16 bits per heavy atom. The van der Waals surface area contributed by atoms with Crippen molar-refractivity contribution in [1.29, 1.82) is 0 Å². The van der Waals surface area contributed by atoms with Crippen LogP contribution < -0.4 is 43.1 Å². The van der Waals surface area contributed by atoms with Crippen LogP contribution in [0.3, 0.4) is 0 Å². The van der Waals surface area contributed by atoms with Crippen molar-refractivity contribution in [3.8, 4) is 0 Å². The highest BCUT2D eigenvalue weighted by molar-refractivity contribution is 6.15. The molecule has 32 nitrogen and oxygen atoms in total. The molecule has 6 fully saturated rings. The van der Waals surface area contributed by atoms with Crippen molar-refractivity contribution in [1.82, 2.24) is 120 Å². The minimum Gasteiger partial charge on any atom is -0.391 e. The number of H-pyrrole nitrogens is 4. The normalized spacial score (nSPS) is 17.6. The molecule has 488 valence electrons. The topological polar surface area (TPSA) is 384 Å². The van der Waals surface area contributed by atoms with Gasteiger partial charge in [0.05, 0.1) is 70.6 Å². The van der Waals surface area contributed by atoms with E-state index in [0.29, 0.717) is 138 Å². The number of hydrogen-bond acceptors (Lipinski definition) is 16. The van der Waals surface area contributed by atoms with E-state index in [1.807, 2.05) is 57.8 Å². The first-order valence-electron chi connectivity index (χ1n) is 31.8. The van der Waals surface area contributed by atoms with E-state index in [-0.39, 0.29) is 81.1 Å². The lowest BCUT2D eigenvalue weighted by Crippen LogP contribution is -2.52. The predicted octanol–water partition coefficient (Wildman–Crippen LogP) is 2.38. The van der Waals surface area contributed by atoms with E-state index >= 15 is 0 Å². The summed E-state index contributed by atoms with van der Waals surface area (Å²) < 4.78 is 7.38. The number of aromatic amines is 4. The van der Waals surface area contributed by atoms with Gasteiger partial charge in [-0.05, 0) is 81.1 Å². The van der Waals surface area contributed by atoms with Crippen LogP contribution in [0.2, 0.25) is 0 Å². The quantitative estimate of drug-likeness (QED) is 0.111. The van der Waals surface area contributed by atoms with Crippen LogP contribution in [0.25, 0.3) is 44.1 Å². The molecule has 0 bridgehead atoms. The van der Waals surface area contributed by atoms with Crippen LogP contribution in [0.1, 0.15) is 176 Å².